The highest BCUT2D eigenvalue weighted by molar-refractivity contribution is 6.04. The van der Waals surface area contributed by atoms with Gasteiger partial charge in [0.1, 0.15) is 11.6 Å². The van der Waals surface area contributed by atoms with E-state index in [2.05, 4.69) is 16.0 Å². The number of nitrogens with zero attached hydrogens (tertiary/aromatic N) is 1. The molecule has 2 aliphatic rings. The van der Waals surface area contributed by atoms with Crippen LogP contribution in [0.5, 0.6) is 0 Å². The van der Waals surface area contributed by atoms with E-state index in [9.17, 15) is 23.2 Å². The molecule has 3 amide bonds. The molecule has 0 saturated carbocycles. The normalized spacial score (nSPS) is 16.6. The van der Waals surface area contributed by atoms with Gasteiger partial charge in [0.05, 0.1) is 12.2 Å². The summed E-state index contributed by atoms with van der Waals surface area (Å²) in [7, 11) is 0. The van der Waals surface area contributed by atoms with Gasteiger partial charge in [0, 0.05) is 49.4 Å². The van der Waals surface area contributed by atoms with Crippen LogP contribution in [0.3, 0.4) is 0 Å². The van der Waals surface area contributed by atoms with Gasteiger partial charge in [-0.05, 0) is 48.7 Å². The molecule has 0 unspecified atom stereocenters. The fourth-order valence-electron chi connectivity index (χ4n) is 4.44. The Morgan fingerprint density at radius 2 is 1.85 bits per heavy atom. The van der Waals surface area contributed by atoms with Gasteiger partial charge < -0.3 is 26.0 Å². The number of amides is 3. The number of carbonyl (C=O) groups is 3. The van der Waals surface area contributed by atoms with Gasteiger partial charge in [0.2, 0.25) is 0 Å². The van der Waals surface area contributed by atoms with E-state index in [4.69, 9.17) is 5.11 Å². The maximum absolute atomic E-state index is 14.0. The number of rotatable bonds is 5. The Labute approximate surface area is 195 Å². The highest BCUT2D eigenvalue weighted by atomic mass is 19.1. The van der Waals surface area contributed by atoms with Gasteiger partial charge in [-0.15, -0.1) is 0 Å². The summed E-state index contributed by atoms with van der Waals surface area (Å²) in [5, 5.41) is 17.4. The maximum Gasteiger partial charge on any atom is 0.317 e. The van der Waals surface area contributed by atoms with E-state index in [-0.39, 0.29) is 43.5 Å². The summed E-state index contributed by atoms with van der Waals surface area (Å²) in [4.78, 5) is 38.9. The Bertz CT molecular complexity index is 1120. The number of fused-ring (bicyclic) bond motifs is 1. The van der Waals surface area contributed by atoms with Crippen LogP contribution in [0.2, 0.25) is 0 Å². The molecule has 1 saturated heterocycles. The van der Waals surface area contributed by atoms with Crippen LogP contribution in [0.15, 0.2) is 36.4 Å². The molecular weight excluding hydrogens is 446 g/mol. The molecule has 0 bridgehead atoms. The van der Waals surface area contributed by atoms with Gasteiger partial charge in [0.25, 0.3) is 5.91 Å². The molecule has 1 fully saturated rings. The predicted octanol–water partition coefficient (Wildman–Crippen LogP) is 2.43. The number of carbonyl (C=O) groups excluding carboxylic acids is 3. The molecule has 0 aromatic heterocycles. The minimum atomic E-state index is -0.689. The van der Waals surface area contributed by atoms with Crippen molar-refractivity contribution >= 4 is 23.4 Å². The van der Waals surface area contributed by atoms with Crippen molar-refractivity contribution in [2.75, 3.05) is 31.6 Å². The molecule has 1 spiro atoms. The van der Waals surface area contributed by atoms with Crippen molar-refractivity contribution in [3.8, 4) is 0 Å². The van der Waals surface area contributed by atoms with Crippen LogP contribution in [-0.2, 0) is 6.54 Å². The zero-order valence-electron chi connectivity index (χ0n) is 18.5. The first-order valence-electron chi connectivity index (χ1n) is 11.1. The highest BCUT2D eigenvalue weighted by Crippen LogP contribution is 2.37. The first-order valence-corrected chi connectivity index (χ1v) is 11.1. The smallest absolute Gasteiger partial charge is 0.317 e. The summed E-state index contributed by atoms with van der Waals surface area (Å²) in [6.07, 6.45) is 1.37. The lowest BCUT2D eigenvalue weighted by atomic mass is 9.78. The van der Waals surface area contributed by atoms with Gasteiger partial charge >= 0.3 is 6.03 Å². The van der Waals surface area contributed by atoms with Crippen molar-refractivity contribution in [2.45, 2.75) is 31.3 Å². The first kappa shape index (κ1) is 23.6. The number of hydrogen-bond acceptors (Lipinski definition) is 5. The molecule has 0 aliphatic carbocycles. The van der Waals surface area contributed by atoms with E-state index >= 15 is 0 Å². The third kappa shape index (κ3) is 5.01. The molecule has 8 nitrogen and oxygen atoms in total. The number of anilines is 1. The fourth-order valence-corrected chi connectivity index (χ4v) is 4.44. The Hall–Kier alpha value is -3.53. The number of halogens is 2. The summed E-state index contributed by atoms with van der Waals surface area (Å²) < 4.78 is 27.5. The van der Waals surface area contributed by atoms with E-state index in [1.807, 2.05) is 0 Å². The van der Waals surface area contributed by atoms with Crippen molar-refractivity contribution < 1.29 is 28.3 Å². The first-order chi connectivity index (χ1) is 16.3. The fraction of sp³-hybridized carbons (Fsp3) is 0.375. The molecule has 2 aromatic carbocycles. The molecule has 34 heavy (non-hydrogen) atoms. The monoisotopic (exact) mass is 472 g/mol. The average Bonchev–Trinajstić information content (AvgIpc) is 2.83. The molecule has 0 radical (unpaired) electrons. The van der Waals surface area contributed by atoms with Gasteiger partial charge in [0.15, 0.2) is 5.78 Å². The van der Waals surface area contributed by atoms with Gasteiger partial charge in [-0.3, -0.25) is 9.59 Å². The van der Waals surface area contributed by atoms with Crippen molar-refractivity contribution in [1.29, 1.82) is 0 Å². The number of hydrogen-bond donors (Lipinski definition) is 4. The second-order valence-electron chi connectivity index (χ2n) is 8.63. The molecule has 2 aromatic rings. The van der Waals surface area contributed by atoms with Crippen LogP contribution in [-0.4, -0.2) is 59.5 Å². The Morgan fingerprint density at radius 1 is 1.09 bits per heavy atom. The molecular formula is C24H26F2N4O4. The molecule has 2 heterocycles. The van der Waals surface area contributed by atoms with E-state index in [0.717, 1.165) is 6.07 Å². The van der Waals surface area contributed by atoms with E-state index in [1.165, 1.54) is 24.3 Å². The van der Waals surface area contributed by atoms with Crippen molar-refractivity contribution in [3.63, 3.8) is 0 Å². The van der Waals surface area contributed by atoms with Crippen LogP contribution in [0.1, 0.15) is 45.5 Å². The topological polar surface area (TPSA) is 111 Å². The standard InChI is InChI=1S/C24H26F2N4O4/c25-16-2-4-20-18(12-16)21(32)13-24(29-20)5-8-30(9-6-24)23(34)28-14-15-1-3-19(26)17(11-15)22(33)27-7-10-31/h1-4,11-12,29,31H,5-10,13-14H2,(H,27,33)(H,28,34). The molecule has 10 heteroatoms. The summed E-state index contributed by atoms with van der Waals surface area (Å²) in [5.74, 6) is -1.89. The van der Waals surface area contributed by atoms with Crippen molar-refractivity contribution in [2.24, 2.45) is 0 Å². The summed E-state index contributed by atoms with van der Waals surface area (Å²) >= 11 is 0. The number of nitrogens with one attached hydrogen (secondary N) is 3. The minimum Gasteiger partial charge on any atom is -0.395 e. The Balaban J connectivity index is 1.33. The molecule has 2 aliphatic heterocycles. The van der Waals surface area contributed by atoms with Gasteiger partial charge in [-0.25, -0.2) is 13.6 Å². The number of ketones is 1. The summed E-state index contributed by atoms with van der Waals surface area (Å²) in [6.45, 7) is 0.728. The predicted molar refractivity (Wildman–Crippen MR) is 121 cm³/mol. The highest BCUT2D eigenvalue weighted by Gasteiger charge is 2.41. The lowest BCUT2D eigenvalue weighted by Crippen LogP contribution is -2.55. The summed E-state index contributed by atoms with van der Waals surface area (Å²) in [6, 6.07) is 7.86. The van der Waals surface area contributed by atoms with Crippen LogP contribution in [0.4, 0.5) is 19.3 Å². The second kappa shape index (κ2) is 9.76. The number of piperidine rings is 1. The van der Waals surface area contributed by atoms with Crippen LogP contribution in [0.25, 0.3) is 0 Å². The van der Waals surface area contributed by atoms with Crippen molar-refractivity contribution in [1.82, 2.24) is 15.5 Å². The number of urea groups is 1. The average molecular weight is 472 g/mol. The Kier molecular flexibility index (Phi) is 6.78. The molecule has 180 valence electrons. The van der Waals surface area contributed by atoms with E-state index in [1.54, 1.807) is 11.0 Å². The number of benzene rings is 2. The third-order valence-electron chi connectivity index (χ3n) is 6.31. The number of aliphatic hydroxyl groups is 1. The SMILES string of the molecule is O=C(NCCO)c1cc(CNC(=O)N2CCC3(CC2)CC(=O)c2cc(F)ccc2N3)ccc1F. The lowest BCUT2D eigenvalue weighted by Gasteiger charge is -2.45. The molecule has 4 N–H and O–H groups in total. The largest absolute Gasteiger partial charge is 0.395 e. The van der Waals surface area contributed by atoms with E-state index in [0.29, 0.717) is 42.7 Å². The number of Topliss-reactive ketones (excluding diaryl/α,β-unsaturated/α-hetero) is 1. The van der Waals surface area contributed by atoms with Crippen molar-refractivity contribution in [3.05, 3.63) is 64.7 Å². The number of aliphatic hydroxyl groups excluding tert-OH is 1. The Morgan fingerprint density at radius 3 is 2.59 bits per heavy atom. The van der Waals surface area contributed by atoms with Crippen LogP contribution < -0.4 is 16.0 Å². The second-order valence-corrected chi connectivity index (χ2v) is 8.63. The number of likely N-dealkylation sites (tertiary alicyclic amines) is 1. The van der Waals surface area contributed by atoms with Gasteiger partial charge in [-0.1, -0.05) is 6.07 Å². The zero-order valence-corrected chi connectivity index (χ0v) is 18.5. The van der Waals surface area contributed by atoms with Crippen LogP contribution in [0, 0.1) is 11.6 Å². The quantitative estimate of drug-likeness (QED) is 0.534. The third-order valence-corrected chi connectivity index (χ3v) is 6.31. The lowest BCUT2D eigenvalue weighted by molar-refractivity contribution is 0.0912. The van der Waals surface area contributed by atoms with Crippen LogP contribution >= 0.6 is 0 Å². The van der Waals surface area contributed by atoms with E-state index < -0.39 is 23.1 Å². The summed E-state index contributed by atoms with van der Waals surface area (Å²) in [5.41, 5.74) is 0.904. The maximum atomic E-state index is 14.0. The van der Waals surface area contributed by atoms with Gasteiger partial charge in [-0.2, -0.15) is 0 Å². The molecule has 4 rings (SSSR count). The minimum absolute atomic E-state index is 0.0125. The molecule has 0 atom stereocenters. The zero-order chi connectivity index (χ0) is 24.3.